The number of aromatic amines is 1. The van der Waals surface area contributed by atoms with Gasteiger partial charge < -0.3 is 20.1 Å². The fourth-order valence-electron chi connectivity index (χ4n) is 2.02. The van der Waals surface area contributed by atoms with E-state index in [0.29, 0.717) is 11.3 Å². The fourth-order valence-corrected chi connectivity index (χ4v) is 2.02. The number of aromatic nitrogens is 1. The maximum absolute atomic E-state index is 13.7. The van der Waals surface area contributed by atoms with E-state index in [-0.39, 0.29) is 29.8 Å². The van der Waals surface area contributed by atoms with Gasteiger partial charge in [-0.1, -0.05) is 18.2 Å². The third kappa shape index (κ3) is 3.22. The number of rotatable bonds is 5. The first-order valence-corrected chi connectivity index (χ1v) is 6.52. The Morgan fingerprint density at radius 1 is 1.48 bits per heavy atom. The van der Waals surface area contributed by atoms with Crippen molar-refractivity contribution in [2.75, 3.05) is 7.05 Å². The van der Waals surface area contributed by atoms with E-state index in [1.807, 2.05) is 0 Å². The number of benzene rings is 1. The van der Waals surface area contributed by atoms with E-state index in [2.05, 4.69) is 10.3 Å². The molecular weight excluding hydrogens is 275 g/mol. The van der Waals surface area contributed by atoms with Crippen LogP contribution in [0.5, 0.6) is 5.75 Å². The minimum atomic E-state index is -0.572. The largest absolute Gasteiger partial charge is 0.483 e. The number of halogens is 1. The van der Waals surface area contributed by atoms with E-state index in [4.69, 9.17) is 9.84 Å². The molecule has 0 bridgehead atoms. The number of hydrogen-bond acceptors (Lipinski definition) is 3. The summed E-state index contributed by atoms with van der Waals surface area (Å²) < 4.78 is 19.4. The molecule has 0 spiro atoms. The van der Waals surface area contributed by atoms with Gasteiger partial charge in [-0.15, -0.1) is 0 Å². The summed E-state index contributed by atoms with van der Waals surface area (Å²) in [6, 6.07) is 7.82. The van der Waals surface area contributed by atoms with E-state index in [1.165, 1.54) is 19.2 Å². The lowest BCUT2D eigenvalue weighted by Gasteiger charge is -2.15. The molecule has 0 saturated carbocycles. The number of aliphatic hydroxyl groups is 1. The van der Waals surface area contributed by atoms with Gasteiger partial charge in [0.25, 0.3) is 5.91 Å². The van der Waals surface area contributed by atoms with Crippen LogP contribution in [0.3, 0.4) is 0 Å². The highest BCUT2D eigenvalue weighted by Gasteiger charge is 2.19. The second kappa shape index (κ2) is 6.41. The minimum Gasteiger partial charge on any atom is -0.483 e. The molecule has 1 aromatic heterocycles. The molecule has 21 heavy (non-hydrogen) atoms. The number of H-pyrrole nitrogens is 1. The average molecular weight is 292 g/mol. The topological polar surface area (TPSA) is 74.4 Å². The Morgan fingerprint density at radius 2 is 2.19 bits per heavy atom. The Balaban J connectivity index is 2.28. The van der Waals surface area contributed by atoms with Crippen molar-refractivity contribution in [3.05, 3.63) is 53.1 Å². The van der Waals surface area contributed by atoms with Crippen LogP contribution in [0.25, 0.3) is 0 Å². The van der Waals surface area contributed by atoms with Crippen LogP contribution in [0.4, 0.5) is 4.39 Å². The third-order valence-corrected chi connectivity index (χ3v) is 3.11. The molecule has 1 aromatic carbocycles. The van der Waals surface area contributed by atoms with Crippen molar-refractivity contribution >= 4 is 5.91 Å². The number of nitrogens with one attached hydrogen (secondary N) is 2. The smallest absolute Gasteiger partial charge is 0.271 e. The van der Waals surface area contributed by atoms with Crippen molar-refractivity contribution in [3.8, 4) is 5.75 Å². The van der Waals surface area contributed by atoms with Crippen molar-refractivity contribution in [3.63, 3.8) is 0 Å². The summed E-state index contributed by atoms with van der Waals surface area (Å²) >= 11 is 0. The van der Waals surface area contributed by atoms with Crippen molar-refractivity contribution < 1.29 is 19.0 Å². The molecule has 2 rings (SSSR count). The predicted molar refractivity (Wildman–Crippen MR) is 75.5 cm³/mol. The SMILES string of the molecule is CNC(=O)c1[nH]c(CO)cc1OC(C)c1ccccc1F. The minimum absolute atomic E-state index is 0.199. The van der Waals surface area contributed by atoms with Gasteiger partial charge in [-0.25, -0.2) is 4.39 Å². The van der Waals surface area contributed by atoms with Crippen LogP contribution in [0.1, 0.15) is 34.8 Å². The summed E-state index contributed by atoms with van der Waals surface area (Å²) in [6.45, 7) is 1.44. The van der Waals surface area contributed by atoms with Crippen LogP contribution in [0.2, 0.25) is 0 Å². The van der Waals surface area contributed by atoms with Gasteiger partial charge in [0, 0.05) is 24.4 Å². The molecule has 5 nitrogen and oxygen atoms in total. The molecule has 6 heteroatoms. The number of aliphatic hydroxyl groups excluding tert-OH is 1. The quantitative estimate of drug-likeness (QED) is 0.790. The normalized spacial score (nSPS) is 12.0. The molecule has 112 valence electrons. The molecule has 1 atom stereocenters. The highest BCUT2D eigenvalue weighted by atomic mass is 19.1. The number of carbonyl (C=O) groups is 1. The van der Waals surface area contributed by atoms with Gasteiger partial charge in [-0.05, 0) is 13.0 Å². The number of hydrogen-bond donors (Lipinski definition) is 3. The molecule has 0 aliphatic heterocycles. The fraction of sp³-hybridized carbons (Fsp3) is 0.267. The van der Waals surface area contributed by atoms with E-state index in [1.54, 1.807) is 25.1 Å². The van der Waals surface area contributed by atoms with Crippen LogP contribution in [0.15, 0.2) is 30.3 Å². The second-order valence-electron chi connectivity index (χ2n) is 4.55. The number of amides is 1. The first-order chi connectivity index (χ1) is 10.1. The highest BCUT2D eigenvalue weighted by Crippen LogP contribution is 2.27. The summed E-state index contributed by atoms with van der Waals surface area (Å²) in [6.07, 6.45) is -0.572. The molecule has 3 N–H and O–H groups in total. The van der Waals surface area contributed by atoms with Gasteiger partial charge in [0.2, 0.25) is 0 Å². The molecule has 0 aliphatic carbocycles. The van der Waals surface area contributed by atoms with Gasteiger partial charge >= 0.3 is 0 Å². The summed E-state index contributed by atoms with van der Waals surface area (Å²) in [5.74, 6) is -0.469. The van der Waals surface area contributed by atoms with Gasteiger partial charge in [-0.2, -0.15) is 0 Å². The van der Waals surface area contributed by atoms with Crippen molar-refractivity contribution in [1.82, 2.24) is 10.3 Å². The van der Waals surface area contributed by atoms with E-state index < -0.39 is 6.10 Å². The van der Waals surface area contributed by atoms with Crippen molar-refractivity contribution in [2.45, 2.75) is 19.6 Å². The molecule has 0 radical (unpaired) electrons. The molecule has 1 amide bonds. The standard InChI is InChI=1S/C15H17FN2O3/c1-9(11-5-3-4-6-12(11)16)21-13-7-10(8-19)18-14(13)15(20)17-2/h3-7,9,18-19H,8H2,1-2H3,(H,17,20). The lowest BCUT2D eigenvalue weighted by atomic mass is 10.1. The third-order valence-electron chi connectivity index (χ3n) is 3.11. The molecular formula is C15H17FN2O3. The zero-order valence-electron chi connectivity index (χ0n) is 11.8. The van der Waals surface area contributed by atoms with Crippen LogP contribution in [-0.2, 0) is 6.61 Å². The average Bonchev–Trinajstić information content (AvgIpc) is 2.89. The predicted octanol–water partition coefficient (Wildman–Crippen LogP) is 2.15. The lowest BCUT2D eigenvalue weighted by molar-refractivity contribution is 0.0951. The Hall–Kier alpha value is -2.34. The summed E-state index contributed by atoms with van der Waals surface area (Å²) in [7, 11) is 1.49. The monoisotopic (exact) mass is 292 g/mol. The Morgan fingerprint density at radius 3 is 2.81 bits per heavy atom. The van der Waals surface area contributed by atoms with Crippen molar-refractivity contribution in [1.29, 1.82) is 0 Å². The highest BCUT2D eigenvalue weighted by molar-refractivity contribution is 5.95. The summed E-state index contributed by atoms with van der Waals surface area (Å²) in [5.41, 5.74) is 1.04. The molecule has 1 heterocycles. The summed E-state index contributed by atoms with van der Waals surface area (Å²) in [4.78, 5) is 14.5. The molecule has 0 fully saturated rings. The first kappa shape index (κ1) is 15.1. The molecule has 0 aliphatic rings. The van der Waals surface area contributed by atoms with E-state index in [9.17, 15) is 9.18 Å². The maximum Gasteiger partial charge on any atom is 0.271 e. The van der Waals surface area contributed by atoms with Crippen LogP contribution in [0, 0.1) is 5.82 Å². The van der Waals surface area contributed by atoms with Crippen LogP contribution >= 0.6 is 0 Å². The molecule has 2 aromatic rings. The van der Waals surface area contributed by atoms with Gasteiger partial charge in [0.15, 0.2) is 5.75 Å². The van der Waals surface area contributed by atoms with Gasteiger partial charge in [0.05, 0.1) is 6.61 Å². The maximum atomic E-state index is 13.7. The van der Waals surface area contributed by atoms with Gasteiger partial charge in [-0.3, -0.25) is 4.79 Å². The second-order valence-corrected chi connectivity index (χ2v) is 4.55. The zero-order chi connectivity index (χ0) is 15.4. The van der Waals surface area contributed by atoms with Crippen LogP contribution < -0.4 is 10.1 Å². The zero-order valence-corrected chi connectivity index (χ0v) is 11.8. The van der Waals surface area contributed by atoms with Gasteiger partial charge in [0.1, 0.15) is 17.6 Å². The number of ether oxygens (including phenoxy) is 1. The van der Waals surface area contributed by atoms with Crippen molar-refractivity contribution in [2.24, 2.45) is 0 Å². The Bertz CT molecular complexity index is 640. The number of carbonyl (C=O) groups excluding carboxylic acids is 1. The van der Waals surface area contributed by atoms with Crippen LogP contribution in [-0.4, -0.2) is 23.0 Å². The molecule has 0 saturated heterocycles. The van der Waals surface area contributed by atoms with E-state index in [0.717, 1.165) is 0 Å². The first-order valence-electron chi connectivity index (χ1n) is 6.52. The lowest BCUT2D eigenvalue weighted by Crippen LogP contribution is -2.19. The Labute approximate surface area is 121 Å². The summed E-state index contributed by atoms with van der Waals surface area (Å²) in [5, 5.41) is 11.6. The van der Waals surface area contributed by atoms with E-state index >= 15 is 0 Å². The molecule has 1 unspecified atom stereocenters. The Kier molecular flexibility index (Phi) is 4.59.